The van der Waals surface area contributed by atoms with Gasteiger partial charge in [0.25, 0.3) is 0 Å². The molecule has 0 saturated carbocycles. The van der Waals surface area contributed by atoms with Gasteiger partial charge < -0.3 is 20.0 Å². The van der Waals surface area contributed by atoms with Gasteiger partial charge in [0.15, 0.2) is 0 Å². The Labute approximate surface area is 112 Å². The third kappa shape index (κ3) is 5.22. The molecule has 2 aliphatic heterocycles. The first-order valence-corrected chi connectivity index (χ1v) is 7.31. The van der Waals surface area contributed by atoms with Gasteiger partial charge in [0.1, 0.15) is 0 Å². The highest BCUT2D eigenvalue weighted by molar-refractivity contribution is 4.75. The summed E-state index contributed by atoms with van der Waals surface area (Å²) in [5, 5.41) is 17.2. The molecule has 2 fully saturated rings. The minimum atomic E-state index is 0.342. The van der Waals surface area contributed by atoms with Gasteiger partial charge in [-0.15, -0.1) is 0 Å². The minimum Gasteiger partial charge on any atom is -0.396 e. The van der Waals surface area contributed by atoms with Crippen LogP contribution in [-0.4, -0.2) is 72.5 Å². The molecule has 0 spiro atoms. The smallest absolute Gasteiger partial charge is 0.0445 e. The van der Waals surface area contributed by atoms with Gasteiger partial charge in [-0.1, -0.05) is 0 Å². The van der Waals surface area contributed by atoms with Crippen LogP contribution in [0.2, 0.25) is 0 Å². The maximum Gasteiger partial charge on any atom is 0.0445 e. The van der Waals surface area contributed by atoms with Gasteiger partial charge in [0.2, 0.25) is 0 Å². The van der Waals surface area contributed by atoms with Crippen LogP contribution in [0.25, 0.3) is 0 Å². The molecule has 0 aromatic rings. The van der Waals surface area contributed by atoms with E-state index in [1.807, 2.05) is 0 Å². The van der Waals surface area contributed by atoms with Crippen molar-refractivity contribution in [1.82, 2.24) is 9.80 Å². The molecule has 0 bridgehead atoms. The fourth-order valence-corrected chi connectivity index (χ4v) is 2.99. The Kier molecular flexibility index (Phi) is 7.82. The maximum atomic E-state index is 8.62. The number of likely N-dealkylation sites (tertiary alicyclic amines) is 2. The van der Waals surface area contributed by atoms with E-state index in [1.54, 1.807) is 0 Å². The Morgan fingerprint density at radius 3 is 1.44 bits per heavy atom. The van der Waals surface area contributed by atoms with Crippen molar-refractivity contribution >= 4 is 0 Å². The van der Waals surface area contributed by atoms with E-state index in [4.69, 9.17) is 10.2 Å². The van der Waals surface area contributed by atoms with E-state index in [2.05, 4.69) is 23.9 Å². The van der Waals surface area contributed by atoms with Gasteiger partial charge >= 0.3 is 0 Å². The van der Waals surface area contributed by atoms with Gasteiger partial charge in [-0.25, -0.2) is 0 Å². The third-order valence-corrected chi connectivity index (χ3v) is 4.27. The summed E-state index contributed by atoms with van der Waals surface area (Å²) < 4.78 is 0. The van der Waals surface area contributed by atoms with E-state index in [9.17, 15) is 0 Å². The molecule has 2 rings (SSSR count). The Balaban J connectivity index is 0.000000180. The van der Waals surface area contributed by atoms with Crippen LogP contribution in [0.15, 0.2) is 0 Å². The molecule has 2 saturated heterocycles. The summed E-state index contributed by atoms with van der Waals surface area (Å²) >= 11 is 0. The molecule has 0 aromatic carbocycles. The number of aliphatic hydroxyl groups excluding tert-OH is 2. The van der Waals surface area contributed by atoms with Crippen LogP contribution in [0, 0.1) is 0 Å². The van der Waals surface area contributed by atoms with Gasteiger partial charge in [-0.05, 0) is 65.7 Å². The molecule has 2 atom stereocenters. The van der Waals surface area contributed by atoms with Crippen LogP contribution in [0.1, 0.15) is 38.5 Å². The largest absolute Gasteiger partial charge is 0.396 e. The zero-order chi connectivity index (χ0) is 13.4. The quantitative estimate of drug-likeness (QED) is 0.787. The molecular formula is C14H30N2O2. The molecule has 2 N–H and O–H groups in total. The molecule has 0 radical (unpaired) electrons. The van der Waals surface area contributed by atoms with Crippen LogP contribution in [0.5, 0.6) is 0 Å². The maximum absolute atomic E-state index is 8.62. The van der Waals surface area contributed by atoms with E-state index in [-0.39, 0.29) is 0 Å². The van der Waals surface area contributed by atoms with Crippen molar-refractivity contribution in [3.63, 3.8) is 0 Å². The lowest BCUT2D eigenvalue weighted by Crippen LogP contribution is -2.25. The normalized spacial score (nSPS) is 29.3. The van der Waals surface area contributed by atoms with Crippen LogP contribution in [-0.2, 0) is 0 Å². The number of aliphatic hydroxyl groups is 2. The number of hydrogen-bond acceptors (Lipinski definition) is 4. The van der Waals surface area contributed by atoms with Crippen molar-refractivity contribution in [3.05, 3.63) is 0 Å². The molecule has 0 aromatic heterocycles. The molecular weight excluding hydrogens is 228 g/mol. The van der Waals surface area contributed by atoms with E-state index in [0.717, 1.165) is 12.8 Å². The Hall–Kier alpha value is -0.160. The second kappa shape index (κ2) is 8.86. The summed E-state index contributed by atoms with van der Waals surface area (Å²) in [4.78, 5) is 4.66. The Morgan fingerprint density at radius 2 is 1.22 bits per heavy atom. The molecule has 0 aliphatic carbocycles. The lowest BCUT2D eigenvalue weighted by atomic mass is 10.2. The van der Waals surface area contributed by atoms with Crippen molar-refractivity contribution < 1.29 is 10.2 Å². The van der Waals surface area contributed by atoms with Crippen LogP contribution in [0.3, 0.4) is 0 Å². The highest BCUT2D eigenvalue weighted by atomic mass is 16.3. The number of rotatable bonds is 4. The lowest BCUT2D eigenvalue weighted by molar-refractivity contribution is 0.219. The molecule has 2 aliphatic rings. The van der Waals surface area contributed by atoms with E-state index in [0.29, 0.717) is 25.3 Å². The van der Waals surface area contributed by atoms with Crippen LogP contribution < -0.4 is 0 Å². The van der Waals surface area contributed by atoms with E-state index in [1.165, 1.54) is 38.8 Å². The molecule has 2 heterocycles. The van der Waals surface area contributed by atoms with Gasteiger partial charge in [-0.2, -0.15) is 0 Å². The highest BCUT2D eigenvalue weighted by Crippen LogP contribution is 2.17. The molecule has 0 amide bonds. The summed E-state index contributed by atoms with van der Waals surface area (Å²) in [6.07, 6.45) is 7.07. The van der Waals surface area contributed by atoms with E-state index < -0.39 is 0 Å². The van der Waals surface area contributed by atoms with Gasteiger partial charge in [0.05, 0.1) is 0 Å². The molecule has 108 valence electrons. The van der Waals surface area contributed by atoms with Gasteiger partial charge in [-0.3, -0.25) is 0 Å². The monoisotopic (exact) mass is 258 g/mol. The van der Waals surface area contributed by atoms with Crippen molar-refractivity contribution in [2.45, 2.75) is 50.6 Å². The predicted octanol–water partition coefficient (Wildman–Crippen LogP) is 0.926. The zero-order valence-corrected chi connectivity index (χ0v) is 12.0. The fourth-order valence-electron chi connectivity index (χ4n) is 2.99. The van der Waals surface area contributed by atoms with Crippen molar-refractivity contribution in [2.75, 3.05) is 40.4 Å². The minimum absolute atomic E-state index is 0.342. The Bertz CT molecular complexity index is 192. The second-order valence-corrected chi connectivity index (χ2v) is 5.58. The first kappa shape index (κ1) is 15.9. The topological polar surface area (TPSA) is 46.9 Å². The average molecular weight is 258 g/mol. The SMILES string of the molecule is CN1CCC[C@@H]1CCO.CN1CCC[C@H]1CCO. The number of hydrogen-bond donors (Lipinski definition) is 2. The van der Waals surface area contributed by atoms with Crippen LogP contribution in [0.4, 0.5) is 0 Å². The molecule has 0 unspecified atom stereocenters. The van der Waals surface area contributed by atoms with Crippen molar-refractivity contribution in [3.8, 4) is 0 Å². The molecule has 18 heavy (non-hydrogen) atoms. The first-order chi connectivity index (χ1) is 8.69. The second-order valence-electron chi connectivity index (χ2n) is 5.58. The van der Waals surface area contributed by atoms with E-state index >= 15 is 0 Å². The number of nitrogens with zero attached hydrogens (tertiary/aromatic N) is 2. The first-order valence-electron chi connectivity index (χ1n) is 7.31. The highest BCUT2D eigenvalue weighted by Gasteiger charge is 2.19. The summed E-state index contributed by atoms with van der Waals surface area (Å²) in [6.45, 7) is 3.11. The summed E-state index contributed by atoms with van der Waals surface area (Å²) in [5.74, 6) is 0. The standard InChI is InChI=1S/2C7H15NO/c2*1-8-5-2-3-7(8)4-6-9/h2*7,9H,2-6H2,1H3/t2*7-/m10/s1. The van der Waals surface area contributed by atoms with Gasteiger partial charge in [0, 0.05) is 25.3 Å². The van der Waals surface area contributed by atoms with Crippen molar-refractivity contribution in [1.29, 1.82) is 0 Å². The van der Waals surface area contributed by atoms with Crippen molar-refractivity contribution in [2.24, 2.45) is 0 Å². The fraction of sp³-hybridized carbons (Fsp3) is 1.00. The summed E-state index contributed by atoms with van der Waals surface area (Å²) in [7, 11) is 4.26. The summed E-state index contributed by atoms with van der Waals surface area (Å²) in [6, 6.07) is 1.32. The Morgan fingerprint density at radius 1 is 0.833 bits per heavy atom. The lowest BCUT2D eigenvalue weighted by Gasteiger charge is -2.17. The zero-order valence-electron chi connectivity index (χ0n) is 12.0. The average Bonchev–Trinajstić information content (AvgIpc) is 2.92. The molecule has 4 heteroatoms. The van der Waals surface area contributed by atoms with Crippen LogP contribution >= 0.6 is 0 Å². The molecule has 4 nitrogen and oxygen atoms in total. The third-order valence-electron chi connectivity index (χ3n) is 4.27. The predicted molar refractivity (Wildman–Crippen MR) is 74.7 cm³/mol. The summed E-state index contributed by atoms with van der Waals surface area (Å²) in [5.41, 5.74) is 0.